The first-order valence-electron chi connectivity index (χ1n) is 4.91. The zero-order chi connectivity index (χ0) is 9.78. The Bertz CT molecular complexity index is 77.7. The second kappa shape index (κ2) is 13.4. The van der Waals surface area contributed by atoms with E-state index < -0.39 is 0 Å². The van der Waals surface area contributed by atoms with Gasteiger partial charge in [0, 0.05) is 11.5 Å². The average molecular weight is 255 g/mol. The molecule has 0 aliphatic carbocycles. The van der Waals surface area contributed by atoms with Gasteiger partial charge in [-0.2, -0.15) is 0 Å². The molecule has 0 saturated heterocycles. The van der Waals surface area contributed by atoms with E-state index in [9.17, 15) is 0 Å². The normalized spacial score (nSPS) is 10.6. The molecule has 0 spiro atoms. The molecule has 13 heavy (non-hydrogen) atoms. The lowest BCUT2D eigenvalue weighted by molar-refractivity contribution is 0.606. The highest BCUT2D eigenvalue weighted by molar-refractivity contribution is 8.68. The Balaban J connectivity index is 2.76. The molecule has 0 aliphatic rings. The molecule has 0 saturated carbocycles. The number of unbranched alkanes of at least 4 members (excludes halogenated alkanes) is 6. The quantitative estimate of drug-likeness (QED) is 0.378. The van der Waals surface area contributed by atoms with Gasteiger partial charge in [0.2, 0.25) is 0 Å². The largest absolute Gasteiger partial charge is 0.0817 e. The molecule has 78 valence electrons. The van der Waals surface area contributed by atoms with Gasteiger partial charge in [0.15, 0.2) is 0 Å². The maximum absolute atomic E-state index is 4.81. The van der Waals surface area contributed by atoms with E-state index in [2.05, 4.69) is 0 Å². The topological polar surface area (TPSA) is 0 Å². The van der Waals surface area contributed by atoms with Crippen LogP contribution in [0.2, 0.25) is 0 Å². The van der Waals surface area contributed by atoms with Crippen molar-refractivity contribution in [3.05, 3.63) is 0 Å². The van der Waals surface area contributed by atoms with E-state index in [1.165, 1.54) is 44.9 Å². The maximum Gasteiger partial charge on any atom is 0.00454 e. The molecular weight excluding hydrogens is 236 g/mol. The van der Waals surface area contributed by atoms with Crippen molar-refractivity contribution >= 4 is 44.9 Å². The van der Waals surface area contributed by atoms with Crippen LogP contribution in [0.4, 0.5) is 0 Å². The van der Waals surface area contributed by atoms with Crippen LogP contribution in [-0.4, -0.2) is 11.5 Å². The molecular formula is C9H18S4. The minimum atomic E-state index is 1.15. The first kappa shape index (κ1) is 14.4. The van der Waals surface area contributed by atoms with Crippen LogP contribution < -0.4 is 0 Å². The highest BCUT2D eigenvalue weighted by atomic mass is 33.1. The van der Waals surface area contributed by atoms with E-state index >= 15 is 0 Å². The van der Waals surface area contributed by atoms with Gasteiger partial charge >= 0.3 is 0 Å². The van der Waals surface area contributed by atoms with Crippen molar-refractivity contribution in [2.75, 3.05) is 11.5 Å². The van der Waals surface area contributed by atoms with E-state index in [0.29, 0.717) is 0 Å². The Labute approximate surface area is 101 Å². The third-order valence-electron chi connectivity index (χ3n) is 1.96. The number of hydrogen-bond acceptors (Lipinski definition) is 2. The molecule has 0 aromatic rings. The standard InChI is InChI=1S/C9H18S4/c10-12-8-6-4-2-1-3-5-7-9-13-11/h1-9H2. The van der Waals surface area contributed by atoms with Crippen LogP contribution in [0.25, 0.3) is 0 Å². The van der Waals surface area contributed by atoms with Crippen LogP contribution >= 0.6 is 44.9 Å². The van der Waals surface area contributed by atoms with Gasteiger partial charge in [0.25, 0.3) is 0 Å². The molecule has 0 N–H and O–H groups in total. The summed E-state index contributed by atoms with van der Waals surface area (Å²) in [5.74, 6) is 2.31. The van der Waals surface area contributed by atoms with Crippen molar-refractivity contribution in [3.63, 3.8) is 0 Å². The maximum atomic E-state index is 4.81. The summed E-state index contributed by atoms with van der Waals surface area (Å²) >= 11 is 9.61. The first-order valence-corrected chi connectivity index (χ1v) is 8.73. The molecule has 0 nitrogen and oxygen atoms in total. The minimum absolute atomic E-state index is 1.15. The highest BCUT2D eigenvalue weighted by Gasteiger charge is 1.91. The molecule has 0 fully saturated rings. The Morgan fingerprint density at radius 2 is 0.846 bits per heavy atom. The molecule has 0 amide bonds. The van der Waals surface area contributed by atoms with Crippen molar-refractivity contribution in [2.24, 2.45) is 0 Å². The van der Waals surface area contributed by atoms with Gasteiger partial charge in [-0.15, -0.1) is 0 Å². The zero-order valence-electron chi connectivity index (χ0n) is 8.00. The zero-order valence-corrected chi connectivity index (χ0v) is 11.3. The fourth-order valence-corrected chi connectivity index (χ4v) is 2.56. The molecule has 2 radical (unpaired) electrons. The molecule has 0 atom stereocenters. The van der Waals surface area contributed by atoms with Crippen molar-refractivity contribution in [1.82, 2.24) is 0 Å². The lowest BCUT2D eigenvalue weighted by Crippen LogP contribution is -1.82. The summed E-state index contributed by atoms with van der Waals surface area (Å²) in [7, 11) is 3.09. The second-order valence-electron chi connectivity index (χ2n) is 3.12. The monoisotopic (exact) mass is 254 g/mol. The van der Waals surface area contributed by atoms with E-state index in [1.54, 1.807) is 21.6 Å². The van der Waals surface area contributed by atoms with Crippen LogP contribution in [-0.2, 0) is 0 Å². The van der Waals surface area contributed by atoms with Crippen molar-refractivity contribution < 1.29 is 0 Å². The van der Waals surface area contributed by atoms with Crippen LogP contribution in [0.15, 0.2) is 0 Å². The van der Waals surface area contributed by atoms with Gasteiger partial charge < -0.3 is 0 Å². The average Bonchev–Trinajstić information content (AvgIpc) is 2.16. The van der Waals surface area contributed by atoms with E-state index in [4.69, 9.17) is 23.3 Å². The van der Waals surface area contributed by atoms with E-state index in [-0.39, 0.29) is 0 Å². The van der Waals surface area contributed by atoms with Gasteiger partial charge in [-0.05, 0) is 36.2 Å². The third kappa shape index (κ3) is 13.4. The lowest BCUT2D eigenvalue weighted by Gasteiger charge is -2.00. The van der Waals surface area contributed by atoms with Gasteiger partial charge in [-0.1, -0.05) is 53.7 Å². The molecule has 0 heterocycles. The van der Waals surface area contributed by atoms with Crippen LogP contribution in [0.3, 0.4) is 0 Å². The highest BCUT2D eigenvalue weighted by Crippen LogP contribution is 2.13. The Hall–Kier alpha value is 1.40. The number of rotatable bonds is 10. The summed E-state index contributed by atoms with van der Waals surface area (Å²) in [6.45, 7) is 0. The van der Waals surface area contributed by atoms with Gasteiger partial charge in [0.1, 0.15) is 0 Å². The van der Waals surface area contributed by atoms with Crippen LogP contribution in [0.1, 0.15) is 44.9 Å². The third-order valence-corrected chi connectivity index (χ3v) is 3.87. The predicted octanol–water partition coefficient (Wildman–Crippen LogP) is 5.41. The Morgan fingerprint density at radius 3 is 1.15 bits per heavy atom. The molecule has 0 unspecified atom stereocenters. The number of hydrogen-bond donors (Lipinski definition) is 0. The van der Waals surface area contributed by atoms with Crippen molar-refractivity contribution in [2.45, 2.75) is 44.9 Å². The van der Waals surface area contributed by atoms with Crippen LogP contribution in [0.5, 0.6) is 0 Å². The van der Waals surface area contributed by atoms with Crippen LogP contribution in [0, 0.1) is 0 Å². The molecule has 0 rings (SSSR count). The molecule has 0 aromatic carbocycles. The minimum Gasteiger partial charge on any atom is -0.0817 e. The molecule has 4 heteroatoms. The smallest absolute Gasteiger partial charge is 0.00454 e. The molecule has 0 aliphatic heterocycles. The lowest BCUT2D eigenvalue weighted by atomic mass is 10.1. The summed E-state index contributed by atoms with van der Waals surface area (Å²) in [5, 5.41) is 0. The summed E-state index contributed by atoms with van der Waals surface area (Å²) in [6, 6.07) is 0. The van der Waals surface area contributed by atoms with Gasteiger partial charge in [-0.3, -0.25) is 0 Å². The van der Waals surface area contributed by atoms with Gasteiger partial charge in [-0.25, -0.2) is 0 Å². The SMILES string of the molecule is [S]SCCCCCCCCCS[S]. The molecule has 0 bridgehead atoms. The van der Waals surface area contributed by atoms with E-state index in [0.717, 1.165) is 11.5 Å². The van der Waals surface area contributed by atoms with Gasteiger partial charge in [0.05, 0.1) is 0 Å². The Kier molecular flexibility index (Phi) is 14.8. The Morgan fingerprint density at radius 1 is 0.538 bits per heavy atom. The predicted molar refractivity (Wildman–Crippen MR) is 72.4 cm³/mol. The summed E-state index contributed by atoms with van der Waals surface area (Å²) in [6.07, 6.45) is 9.49. The van der Waals surface area contributed by atoms with Crippen molar-refractivity contribution in [3.8, 4) is 0 Å². The van der Waals surface area contributed by atoms with E-state index in [1.807, 2.05) is 0 Å². The first-order chi connectivity index (χ1) is 6.41. The summed E-state index contributed by atoms with van der Waals surface area (Å²) in [5.41, 5.74) is 0. The fraction of sp³-hybridized carbons (Fsp3) is 1.00. The molecule has 0 aromatic heterocycles. The fourth-order valence-electron chi connectivity index (χ4n) is 1.21. The second-order valence-corrected chi connectivity index (χ2v) is 5.82. The summed E-state index contributed by atoms with van der Waals surface area (Å²) in [4.78, 5) is 0. The summed E-state index contributed by atoms with van der Waals surface area (Å²) < 4.78 is 0. The van der Waals surface area contributed by atoms with Crippen molar-refractivity contribution in [1.29, 1.82) is 0 Å².